The predicted molar refractivity (Wildman–Crippen MR) is 175 cm³/mol. The first-order valence-corrected chi connectivity index (χ1v) is 15.3. The first-order valence-electron chi connectivity index (χ1n) is 14.5. The highest BCUT2D eigenvalue weighted by Gasteiger charge is 2.52. The molecule has 0 bridgehead atoms. The SMILES string of the molecule is [C-]#[N+]/C(=C\c1cc2c(s1)N(c1c(C)cc(C)cc1C)c1ccccc1C21c2ccccc2-c2ccccc21)C(=O)OCC. The number of para-hydroxylation sites is 1. The van der Waals surface area contributed by atoms with E-state index in [1.807, 2.05) is 0 Å². The number of thiophene rings is 1. The number of nitrogens with zero attached hydrogens (tertiary/aromatic N) is 2. The van der Waals surface area contributed by atoms with Crippen LogP contribution in [0.2, 0.25) is 0 Å². The van der Waals surface area contributed by atoms with Gasteiger partial charge in [-0.05, 0) is 84.8 Å². The van der Waals surface area contributed by atoms with Crippen LogP contribution in [-0.4, -0.2) is 12.6 Å². The molecule has 1 aliphatic carbocycles. The van der Waals surface area contributed by atoms with Crippen molar-refractivity contribution in [3.05, 3.63) is 152 Å². The highest BCUT2D eigenvalue weighted by molar-refractivity contribution is 7.17. The summed E-state index contributed by atoms with van der Waals surface area (Å²) in [6, 6.07) is 32.8. The molecular formula is C38H30N2O2S. The lowest BCUT2D eigenvalue weighted by molar-refractivity contribution is -0.138. The van der Waals surface area contributed by atoms with E-state index in [1.54, 1.807) is 24.3 Å². The van der Waals surface area contributed by atoms with Crippen molar-refractivity contribution in [3.8, 4) is 11.1 Å². The van der Waals surface area contributed by atoms with Crippen molar-refractivity contribution in [1.82, 2.24) is 0 Å². The molecule has 210 valence electrons. The monoisotopic (exact) mass is 578 g/mol. The van der Waals surface area contributed by atoms with Gasteiger partial charge in [-0.3, -0.25) is 4.79 Å². The largest absolute Gasteiger partial charge is 0.471 e. The number of fused-ring (bicyclic) bond motifs is 9. The molecule has 0 N–H and O–H groups in total. The van der Waals surface area contributed by atoms with Gasteiger partial charge < -0.3 is 9.64 Å². The number of anilines is 3. The van der Waals surface area contributed by atoms with Crippen LogP contribution in [0.15, 0.2) is 96.7 Å². The van der Waals surface area contributed by atoms with Crippen LogP contribution in [0.4, 0.5) is 16.4 Å². The molecule has 0 atom stereocenters. The molecule has 4 nitrogen and oxygen atoms in total. The van der Waals surface area contributed by atoms with Gasteiger partial charge >= 0.3 is 5.97 Å². The smallest absolute Gasteiger partial charge is 0.336 e. The standard InChI is InChI=1S/C38H30N2O2S/c1-6-42-37(41)33(39-5)22-26-21-32-36(43-26)40(35-24(3)19-23(2)20-25(35)4)34-18-12-11-17-31(34)38(32)29-15-9-7-13-27(29)28-14-8-10-16-30(28)38/h7-22H,6H2,1-4H3/b33-22-. The molecule has 0 unspecified atom stereocenters. The molecule has 0 amide bonds. The topological polar surface area (TPSA) is 33.9 Å². The number of ether oxygens (including phenoxy) is 1. The Labute approximate surface area is 256 Å². The zero-order valence-electron chi connectivity index (χ0n) is 24.6. The van der Waals surface area contributed by atoms with Crippen molar-refractivity contribution in [3.63, 3.8) is 0 Å². The number of aryl methyl sites for hydroxylation is 3. The first kappa shape index (κ1) is 26.9. The predicted octanol–water partition coefficient (Wildman–Crippen LogP) is 9.64. The molecule has 0 saturated heterocycles. The Hall–Kier alpha value is -4.92. The van der Waals surface area contributed by atoms with E-state index >= 15 is 0 Å². The summed E-state index contributed by atoms with van der Waals surface area (Å²) >= 11 is 1.61. The van der Waals surface area contributed by atoms with Crippen molar-refractivity contribution >= 4 is 39.8 Å². The fourth-order valence-electron chi connectivity index (χ4n) is 7.19. The number of esters is 1. The summed E-state index contributed by atoms with van der Waals surface area (Å²) in [6.45, 7) is 16.2. The minimum absolute atomic E-state index is 0.0199. The molecule has 0 fully saturated rings. The van der Waals surface area contributed by atoms with Crippen molar-refractivity contribution in [1.29, 1.82) is 0 Å². The number of rotatable bonds is 4. The third kappa shape index (κ3) is 3.84. The summed E-state index contributed by atoms with van der Waals surface area (Å²) in [4.78, 5) is 19.5. The normalized spacial score (nSPS) is 14.0. The second-order valence-electron chi connectivity index (χ2n) is 11.2. The van der Waals surface area contributed by atoms with Crippen molar-refractivity contribution in [2.45, 2.75) is 33.1 Å². The number of carbonyl (C=O) groups is 1. The Morgan fingerprint density at radius 2 is 1.44 bits per heavy atom. The molecule has 43 heavy (non-hydrogen) atoms. The quantitative estimate of drug-likeness (QED) is 0.118. The number of carbonyl (C=O) groups excluding carboxylic acids is 1. The van der Waals surface area contributed by atoms with E-state index in [9.17, 15) is 4.79 Å². The van der Waals surface area contributed by atoms with Gasteiger partial charge in [0.2, 0.25) is 0 Å². The van der Waals surface area contributed by atoms with E-state index in [4.69, 9.17) is 11.3 Å². The maximum atomic E-state index is 12.7. The molecule has 2 aliphatic rings. The maximum absolute atomic E-state index is 12.7. The Bertz CT molecular complexity index is 1960. The van der Waals surface area contributed by atoms with Crippen molar-refractivity contribution in [2.75, 3.05) is 11.5 Å². The van der Waals surface area contributed by atoms with Gasteiger partial charge in [-0.15, -0.1) is 11.3 Å². The van der Waals surface area contributed by atoms with Gasteiger partial charge in [-0.25, -0.2) is 4.85 Å². The number of hydrogen-bond acceptors (Lipinski definition) is 4. The second-order valence-corrected chi connectivity index (χ2v) is 12.2. The minimum atomic E-state index is -0.597. The molecule has 2 heterocycles. The highest BCUT2D eigenvalue weighted by Crippen LogP contribution is 2.65. The average Bonchev–Trinajstić information content (AvgIpc) is 3.55. The maximum Gasteiger partial charge on any atom is 0.336 e. The fourth-order valence-corrected chi connectivity index (χ4v) is 8.36. The molecular weight excluding hydrogens is 548 g/mol. The minimum Gasteiger partial charge on any atom is -0.471 e. The molecule has 5 aromatic rings. The van der Waals surface area contributed by atoms with Crippen LogP contribution >= 0.6 is 11.3 Å². The van der Waals surface area contributed by atoms with Crippen molar-refractivity contribution < 1.29 is 9.53 Å². The third-order valence-corrected chi connectivity index (χ3v) is 9.65. The van der Waals surface area contributed by atoms with Crippen LogP contribution in [0.5, 0.6) is 0 Å². The van der Waals surface area contributed by atoms with E-state index in [2.05, 4.69) is 122 Å². The second kappa shape index (κ2) is 10.1. The van der Waals surface area contributed by atoms with Crippen LogP contribution in [-0.2, 0) is 14.9 Å². The first-order chi connectivity index (χ1) is 20.9. The lowest BCUT2D eigenvalue weighted by atomic mass is 9.66. The number of benzene rings is 4. The fraction of sp³-hybridized carbons (Fsp3) is 0.158. The lowest BCUT2D eigenvalue weighted by Crippen LogP contribution is -2.35. The molecule has 1 aromatic heterocycles. The summed E-state index contributed by atoms with van der Waals surface area (Å²) < 4.78 is 5.21. The summed E-state index contributed by atoms with van der Waals surface area (Å²) in [5.74, 6) is -0.597. The Balaban J connectivity index is 1.61. The van der Waals surface area contributed by atoms with Crippen LogP contribution in [0.25, 0.3) is 22.0 Å². The zero-order chi connectivity index (χ0) is 29.9. The Kier molecular flexibility index (Phi) is 6.34. The lowest BCUT2D eigenvalue weighted by Gasteiger charge is -2.44. The average molecular weight is 579 g/mol. The Morgan fingerprint density at radius 1 is 0.860 bits per heavy atom. The van der Waals surface area contributed by atoms with Gasteiger partial charge in [0.15, 0.2) is 0 Å². The molecule has 0 radical (unpaired) electrons. The summed E-state index contributed by atoms with van der Waals surface area (Å²) in [5, 5.41) is 1.08. The highest BCUT2D eigenvalue weighted by atomic mass is 32.1. The molecule has 7 rings (SSSR count). The third-order valence-electron chi connectivity index (χ3n) is 8.58. The van der Waals surface area contributed by atoms with Gasteiger partial charge in [0.05, 0.1) is 30.0 Å². The van der Waals surface area contributed by atoms with E-state index in [1.165, 1.54) is 44.5 Å². The molecule has 1 spiro atoms. The summed E-state index contributed by atoms with van der Waals surface area (Å²) in [5.41, 5.74) is 12.6. The van der Waals surface area contributed by atoms with Crippen LogP contribution < -0.4 is 4.90 Å². The van der Waals surface area contributed by atoms with E-state index in [0.29, 0.717) is 0 Å². The van der Waals surface area contributed by atoms with Gasteiger partial charge in [-0.2, -0.15) is 0 Å². The molecule has 1 aliphatic heterocycles. The number of hydrogen-bond donors (Lipinski definition) is 0. The van der Waals surface area contributed by atoms with Crippen LogP contribution in [0.3, 0.4) is 0 Å². The molecule has 4 aromatic carbocycles. The van der Waals surface area contributed by atoms with Gasteiger partial charge in [0.25, 0.3) is 5.70 Å². The molecule has 5 heteroatoms. The van der Waals surface area contributed by atoms with Crippen LogP contribution in [0.1, 0.15) is 50.7 Å². The Morgan fingerprint density at radius 3 is 2.05 bits per heavy atom. The zero-order valence-corrected chi connectivity index (χ0v) is 25.4. The van der Waals surface area contributed by atoms with Crippen LogP contribution in [0, 0.1) is 27.3 Å². The van der Waals surface area contributed by atoms with E-state index < -0.39 is 11.4 Å². The summed E-state index contributed by atoms with van der Waals surface area (Å²) in [6.07, 6.45) is 1.69. The van der Waals surface area contributed by atoms with Crippen molar-refractivity contribution in [2.24, 2.45) is 0 Å². The van der Waals surface area contributed by atoms with Gasteiger partial charge in [0, 0.05) is 10.4 Å². The summed E-state index contributed by atoms with van der Waals surface area (Å²) in [7, 11) is 0. The van der Waals surface area contributed by atoms with E-state index in [-0.39, 0.29) is 12.3 Å². The van der Waals surface area contributed by atoms with E-state index in [0.717, 1.165) is 26.8 Å². The van der Waals surface area contributed by atoms with Gasteiger partial charge in [-0.1, -0.05) is 84.4 Å². The molecule has 0 saturated carbocycles. The van der Waals surface area contributed by atoms with Gasteiger partial charge in [0.1, 0.15) is 5.00 Å².